The van der Waals surface area contributed by atoms with E-state index in [1.165, 1.54) is 7.11 Å². The summed E-state index contributed by atoms with van der Waals surface area (Å²) in [4.78, 5) is 12.2. The lowest BCUT2D eigenvalue weighted by Gasteiger charge is -2.09. The second-order valence-corrected chi connectivity index (χ2v) is 4.83. The highest BCUT2D eigenvalue weighted by molar-refractivity contribution is 5.95. The minimum Gasteiger partial charge on any atom is -0.495 e. The Morgan fingerprint density at radius 1 is 1.23 bits per heavy atom. The van der Waals surface area contributed by atoms with Crippen LogP contribution in [-0.2, 0) is 6.54 Å². The third-order valence-corrected chi connectivity index (χ3v) is 3.39. The summed E-state index contributed by atoms with van der Waals surface area (Å²) >= 11 is 0. The highest BCUT2D eigenvalue weighted by atomic mass is 16.7. The van der Waals surface area contributed by atoms with E-state index in [0.717, 1.165) is 11.3 Å². The van der Waals surface area contributed by atoms with Gasteiger partial charge in [0, 0.05) is 12.1 Å². The Kier molecular flexibility index (Phi) is 3.74. The van der Waals surface area contributed by atoms with E-state index in [1.54, 1.807) is 18.2 Å². The fourth-order valence-corrected chi connectivity index (χ4v) is 2.19. The average molecular weight is 300 g/mol. The molecule has 6 nitrogen and oxygen atoms in total. The summed E-state index contributed by atoms with van der Waals surface area (Å²) < 4.78 is 15.7. The van der Waals surface area contributed by atoms with Gasteiger partial charge in [-0.15, -0.1) is 0 Å². The van der Waals surface area contributed by atoms with Crippen LogP contribution in [0.2, 0.25) is 0 Å². The van der Waals surface area contributed by atoms with Crippen molar-refractivity contribution in [3.05, 3.63) is 47.5 Å². The zero-order valence-electron chi connectivity index (χ0n) is 12.1. The first-order valence-corrected chi connectivity index (χ1v) is 6.77. The molecule has 6 heteroatoms. The normalized spacial score (nSPS) is 12.0. The molecule has 3 N–H and O–H groups in total. The Labute approximate surface area is 127 Å². The van der Waals surface area contributed by atoms with Gasteiger partial charge in [0.05, 0.1) is 12.8 Å². The molecule has 0 aromatic heterocycles. The Balaban J connectivity index is 1.67. The monoisotopic (exact) mass is 300 g/mol. The molecule has 0 aliphatic carbocycles. The topological polar surface area (TPSA) is 82.8 Å². The maximum Gasteiger partial charge on any atom is 0.251 e. The second-order valence-electron chi connectivity index (χ2n) is 4.83. The number of benzene rings is 2. The van der Waals surface area contributed by atoms with Crippen molar-refractivity contribution < 1.29 is 19.0 Å². The zero-order valence-corrected chi connectivity index (χ0v) is 12.1. The van der Waals surface area contributed by atoms with Crippen LogP contribution in [0.25, 0.3) is 0 Å². The van der Waals surface area contributed by atoms with Crippen LogP contribution in [0.3, 0.4) is 0 Å². The predicted octanol–water partition coefficient (Wildman–Crippen LogP) is 1.94. The third kappa shape index (κ3) is 2.76. The van der Waals surface area contributed by atoms with Gasteiger partial charge in [0.2, 0.25) is 6.79 Å². The molecule has 2 aromatic carbocycles. The molecule has 0 bridgehead atoms. The number of rotatable bonds is 4. The quantitative estimate of drug-likeness (QED) is 0.843. The minimum absolute atomic E-state index is 0.198. The van der Waals surface area contributed by atoms with Gasteiger partial charge < -0.3 is 25.3 Å². The molecule has 0 saturated heterocycles. The van der Waals surface area contributed by atoms with Crippen LogP contribution >= 0.6 is 0 Å². The summed E-state index contributed by atoms with van der Waals surface area (Å²) in [6, 6.07) is 10.5. The highest BCUT2D eigenvalue weighted by Crippen LogP contribution is 2.32. The van der Waals surface area contributed by atoms with Crippen molar-refractivity contribution in [2.45, 2.75) is 6.54 Å². The summed E-state index contributed by atoms with van der Waals surface area (Å²) in [6.07, 6.45) is 0. The van der Waals surface area contributed by atoms with E-state index in [-0.39, 0.29) is 12.7 Å². The van der Waals surface area contributed by atoms with E-state index < -0.39 is 0 Å². The van der Waals surface area contributed by atoms with Crippen molar-refractivity contribution in [1.29, 1.82) is 0 Å². The van der Waals surface area contributed by atoms with Crippen LogP contribution in [0.1, 0.15) is 15.9 Å². The molecular formula is C16H16N2O4. The number of hydrogen-bond acceptors (Lipinski definition) is 5. The Morgan fingerprint density at radius 3 is 2.86 bits per heavy atom. The molecule has 0 spiro atoms. The number of anilines is 1. The van der Waals surface area contributed by atoms with Gasteiger partial charge >= 0.3 is 0 Å². The van der Waals surface area contributed by atoms with Crippen molar-refractivity contribution >= 4 is 11.6 Å². The van der Waals surface area contributed by atoms with Gasteiger partial charge in [-0.1, -0.05) is 6.07 Å². The van der Waals surface area contributed by atoms with E-state index in [2.05, 4.69) is 5.32 Å². The van der Waals surface area contributed by atoms with Crippen LogP contribution in [0.4, 0.5) is 5.69 Å². The molecule has 3 rings (SSSR count). The lowest BCUT2D eigenvalue weighted by molar-refractivity contribution is 0.0950. The van der Waals surface area contributed by atoms with Gasteiger partial charge in [0.25, 0.3) is 5.91 Å². The molecule has 0 saturated carbocycles. The number of carbonyl (C=O) groups is 1. The number of fused-ring (bicyclic) bond motifs is 1. The summed E-state index contributed by atoms with van der Waals surface area (Å²) in [5, 5.41) is 2.85. The third-order valence-electron chi connectivity index (χ3n) is 3.39. The Hall–Kier alpha value is -2.89. The largest absolute Gasteiger partial charge is 0.495 e. The summed E-state index contributed by atoms with van der Waals surface area (Å²) in [7, 11) is 1.51. The van der Waals surface area contributed by atoms with Gasteiger partial charge in [-0.25, -0.2) is 0 Å². The molecular weight excluding hydrogens is 284 g/mol. The summed E-state index contributed by atoms with van der Waals surface area (Å²) in [5.41, 5.74) is 7.65. The lowest BCUT2D eigenvalue weighted by Crippen LogP contribution is -2.22. The number of hydrogen-bond donors (Lipinski definition) is 2. The standard InChI is InChI=1S/C16H16N2O4/c1-20-14-7-11(3-4-12(14)17)16(19)18-8-10-2-5-13-15(6-10)22-9-21-13/h2-7H,8-9,17H2,1H3,(H,18,19). The number of nitrogens with two attached hydrogens (primary N) is 1. The molecule has 0 unspecified atom stereocenters. The number of nitrogen functional groups attached to an aromatic ring is 1. The van der Waals surface area contributed by atoms with Crippen LogP contribution in [0, 0.1) is 0 Å². The molecule has 1 aliphatic heterocycles. The van der Waals surface area contributed by atoms with E-state index in [9.17, 15) is 4.79 Å². The molecule has 0 fully saturated rings. The van der Waals surface area contributed by atoms with Crippen molar-refractivity contribution in [3.8, 4) is 17.2 Å². The summed E-state index contributed by atoms with van der Waals surface area (Å²) in [5.74, 6) is 1.70. The maximum absolute atomic E-state index is 12.2. The van der Waals surface area contributed by atoms with E-state index >= 15 is 0 Å². The zero-order chi connectivity index (χ0) is 15.5. The number of amides is 1. The molecule has 1 aliphatic rings. The summed E-state index contributed by atoms with van der Waals surface area (Å²) in [6.45, 7) is 0.624. The number of methoxy groups -OCH3 is 1. The number of carbonyl (C=O) groups excluding carboxylic acids is 1. The average Bonchev–Trinajstić information content (AvgIpc) is 3.00. The first-order valence-electron chi connectivity index (χ1n) is 6.77. The smallest absolute Gasteiger partial charge is 0.251 e. The fraction of sp³-hybridized carbons (Fsp3) is 0.188. The second kappa shape index (κ2) is 5.85. The van der Waals surface area contributed by atoms with E-state index in [0.29, 0.717) is 29.3 Å². The fourth-order valence-electron chi connectivity index (χ4n) is 2.19. The van der Waals surface area contributed by atoms with Gasteiger partial charge in [-0.05, 0) is 35.9 Å². The lowest BCUT2D eigenvalue weighted by atomic mass is 10.1. The SMILES string of the molecule is COc1cc(C(=O)NCc2ccc3c(c2)OCO3)ccc1N. The van der Waals surface area contributed by atoms with Crippen LogP contribution in [0.15, 0.2) is 36.4 Å². The first kappa shape index (κ1) is 14.1. The number of ether oxygens (including phenoxy) is 3. The minimum atomic E-state index is -0.198. The highest BCUT2D eigenvalue weighted by Gasteiger charge is 2.14. The molecule has 1 amide bonds. The van der Waals surface area contributed by atoms with Crippen LogP contribution in [-0.4, -0.2) is 19.8 Å². The molecule has 114 valence electrons. The molecule has 22 heavy (non-hydrogen) atoms. The van der Waals surface area contributed by atoms with Gasteiger partial charge in [-0.2, -0.15) is 0 Å². The van der Waals surface area contributed by atoms with Gasteiger partial charge in [-0.3, -0.25) is 4.79 Å². The number of nitrogens with one attached hydrogen (secondary N) is 1. The van der Waals surface area contributed by atoms with E-state index in [1.807, 2.05) is 18.2 Å². The van der Waals surface area contributed by atoms with Gasteiger partial charge in [0.15, 0.2) is 11.5 Å². The van der Waals surface area contributed by atoms with Crippen molar-refractivity contribution in [1.82, 2.24) is 5.32 Å². The molecule has 1 heterocycles. The van der Waals surface area contributed by atoms with Crippen molar-refractivity contribution in [3.63, 3.8) is 0 Å². The van der Waals surface area contributed by atoms with Crippen molar-refractivity contribution in [2.75, 3.05) is 19.6 Å². The molecule has 0 atom stereocenters. The molecule has 0 radical (unpaired) electrons. The first-order chi connectivity index (χ1) is 10.7. The van der Waals surface area contributed by atoms with Crippen LogP contribution in [0.5, 0.6) is 17.2 Å². The maximum atomic E-state index is 12.2. The molecule has 2 aromatic rings. The Bertz CT molecular complexity index is 715. The Morgan fingerprint density at radius 2 is 2.05 bits per heavy atom. The van der Waals surface area contributed by atoms with E-state index in [4.69, 9.17) is 19.9 Å². The predicted molar refractivity (Wildman–Crippen MR) is 81.1 cm³/mol. The van der Waals surface area contributed by atoms with Gasteiger partial charge in [0.1, 0.15) is 5.75 Å². The van der Waals surface area contributed by atoms with Crippen molar-refractivity contribution in [2.24, 2.45) is 0 Å². The van der Waals surface area contributed by atoms with Crippen LogP contribution < -0.4 is 25.3 Å².